The molecule has 0 bridgehead atoms. The van der Waals surface area contributed by atoms with Gasteiger partial charge < -0.3 is 5.32 Å². The maximum atomic E-state index is 12.9. The lowest BCUT2D eigenvalue weighted by Gasteiger charge is -2.21. The van der Waals surface area contributed by atoms with E-state index in [0.29, 0.717) is 30.9 Å². The monoisotopic (exact) mass is 390 g/mol. The number of nitrogens with one attached hydrogen (secondary N) is 2. The predicted octanol–water partition coefficient (Wildman–Crippen LogP) is 1.81. The van der Waals surface area contributed by atoms with E-state index >= 15 is 0 Å². The van der Waals surface area contributed by atoms with Gasteiger partial charge in [0, 0.05) is 19.2 Å². The quantitative estimate of drug-likeness (QED) is 0.707. The van der Waals surface area contributed by atoms with Crippen molar-refractivity contribution in [2.45, 2.75) is 32.2 Å². The van der Waals surface area contributed by atoms with E-state index in [-0.39, 0.29) is 11.7 Å². The first kappa shape index (κ1) is 18.8. The van der Waals surface area contributed by atoms with Gasteiger partial charge in [-0.05, 0) is 37.0 Å². The Bertz CT molecular complexity index is 1050. The average molecular weight is 390 g/mol. The van der Waals surface area contributed by atoms with Crippen LogP contribution in [-0.2, 0) is 17.6 Å². The molecule has 1 aliphatic heterocycles. The number of amides is 2. The zero-order valence-corrected chi connectivity index (χ0v) is 16.3. The van der Waals surface area contributed by atoms with Crippen molar-refractivity contribution in [3.63, 3.8) is 0 Å². The number of pyridine rings is 1. The van der Waals surface area contributed by atoms with Gasteiger partial charge in [0.15, 0.2) is 0 Å². The van der Waals surface area contributed by atoms with Gasteiger partial charge in [-0.2, -0.15) is 0 Å². The third-order valence-corrected chi connectivity index (χ3v) is 5.00. The molecule has 1 aromatic carbocycles. The van der Waals surface area contributed by atoms with Crippen LogP contribution in [0.5, 0.6) is 0 Å². The van der Waals surface area contributed by atoms with E-state index in [1.54, 1.807) is 7.05 Å². The van der Waals surface area contributed by atoms with Gasteiger partial charge >= 0.3 is 0 Å². The van der Waals surface area contributed by atoms with Crippen molar-refractivity contribution >= 4 is 17.6 Å². The van der Waals surface area contributed by atoms with Crippen LogP contribution in [0.25, 0.3) is 0 Å². The smallest absolute Gasteiger partial charge is 0.291 e. The standard InChI is InChI=1S/C21H22N6O2/c1-13-8-9-15-10-11-16(21(29)27(2)19(15)22-13)23-20(28)18-24-17(25-26-18)12-14-6-4-3-5-7-14/h3-9,16H,10-12H2,1-2H3,(H,23,28)(H,24,25,26)/t16-/m0/s1. The lowest BCUT2D eigenvalue weighted by atomic mass is 10.1. The summed E-state index contributed by atoms with van der Waals surface area (Å²) < 4.78 is 0. The first-order valence-corrected chi connectivity index (χ1v) is 9.51. The Morgan fingerprint density at radius 3 is 2.79 bits per heavy atom. The van der Waals surface area contributed by atoms with Crippen LogP contribution in [0.15, 0.2) is 42.5 Å². The molecule has 0 saturated heterocycles. The summed E-state index contributed by atoms with van der Waals surface area (Å²) in [6, 6.07) is 13.1. The number of anilines is 1. The minimum atomic E-state index is -0.655. The Hall–Kier alpha value is -3.55. The summed E-state index contributed by atoms with van der Waals surface area (Å²) >= 11 is 0. The normalized spacial score (nSPS) is 16.3. The number of hydrogen-bond donors (Lipinski definition) is 2. The zero-order valence-electron chi connectivity index (χ0n) is 16.3. The molecule has 148 valence electrons. The predicted molar refractivity (Wildman–Crippen MR) is 108 cm³/mol. The molecule has 0 aliphatic carbocycles. The number of benzene rings is 1. The molecule has 4 rings (SSSR count). The molecule has 29 heavy (non-hydrogen) atoms. The fourth-order valence-electron chi connectivity index (χ4n) is 3.44. The second-order valence-electron chi connectivity index (χ2n) is 7.17. The van der Waals surface area contributed by atoms with Gasteiger partial charge in [0.25, 0.3) is 5.91 Å². The van der Waals surface area contributed by atoms with Crippen molar-refractivity contribution in [3.05, 3.63) is 70.9 Å². The Labute approximate surface area is 168 Å². The minimum Gasteiger partial charge on any atom is -0.337 e. The Morgan fingerprint density at radius 2 is 2.00 bits per heavy atom. The SMILES string of the molecule is Cc1ccc2c(n1)N(C)C(=O)[C@@H](NC(=O)c1n[nH]c(Cc3ccccc3)n1)CC2. The number of likely N-dealkylation sites (N-methyl/N-ethyl adjacent to an activating group) is 1. The molecule has 2 N–H and O–H groups in total. The summed E-state index contributed by atoms with van der Waals surface area (Å²) in [4.78, 5) is 35.8. The maximum Gasteiger partial charge on any atom is 0.291 e. The topological polar surface area (TPSA) is 104 Å². The molecule has 8 nitrogen and oxygen atoms in total. The van der Waals surface area contributed by atoms with Gasteiger partial charge in [-0.15, -0.1) is 5.10 Å². The summed E-state index contributed by atoms with van der Waals surface area (Å²) in [5.41, 5.74) is 2.90. The number of nitrogens with zero attached hydrogens (tertiary/aromatic N) is 4. The van der Waals surface area contributed by atoms with Gasteiger partial charge in [-0.3, -0.25) is 19.6 Å². The highest BCUT2D eigenvalue weighted by atomic mass is 16.2. The minimum absolute atomic E-state index is 0.0297. The zero-order chi connectivity index (χ0) is 20.4. The van der Waals surface area contributed by atoms with Crippen LogP contribution in [0, 0.1) is 6.92 Å². The summed E-state index contributed by atoms with van der Waals surface area (Å²) in [5.74, 6) is 0.604. The number of H-pyrrole nitrogens is 1. The van der Waals surface area contributed by atoms with E-state index in [2.05, 4.69) is 25.5 Å². The first-order valence-electron chi connectivity index (χ1n) is 9.51. The van der Waals surface area contributed by atoms with E-state index < -0.39 is 11.9 Å². The largest absolute Gasteiger partial charge is 0.337 e. The van der Waals surface area contributed by atoms with Crippen molar-refractivity contribution in [2.24, 2.45) is 0 Å². The summed E-state index contributed by atoms with van der Waals surface area (Å²) in [6.45, 7) is 1.89. The summed E-state index contributed by atoms with van der Waals surface area (Å²) in [6.07, 6.45) is 1.69. The van der Waals surface area contributed by atoms with Crippen molar-refractivity contribution in [1.29, 1.82) is 0 Å². The third-order valence-electron chi connectivity index (χ3n) is 5.00. The van der Waals surface area contributed by atoms with Gasteiger partial charge in [0.05, 0.1) is 0 Å². The van der Waals surface area contributed by atoms with E-state index in [0.717, 1.165) is 16.8 Å². The molecule has 3 aromatic rings. The number of fused-ring (bicyclic) bond motifs is 1. The van der Waals surface area contributed by atoms with Crippen LogP contribution in [-0.4, -0.2) is 45.1 Å². The molecular weight excluding hydrogens is 368 g/mol. The van der Waals surface area contributed by atoms with Gasteiger partial charge in [0.1, 0.15) is 17.7 Å². The van der Waals surface area contributed by atoms with Crippen molar-refractivity contribution in [1.82, 2.24) is 25.5 Å². The summed E-state index contributed by atoms with van der Waals surface area (Å²) in [5, 5.41) is 9.59. The van der Waals surface area contributed by atoms with Crippen LogP contribution in [0.2, 0.25) is 0 Å². The van der Waals surface area contributed by atoms with Gasteiger partial charge in [-0.1, -0.05) is 36.4 Å². The first-order chi connectivity index (χ1) is 14.0. The molecular formula is C21H22N6O2. The van der Waals surface area contributed by atoms with Crippen LogP contribution >= 0.6 is 0 Å². The number of aryl methyl sites for hydroxylation is 2. The van der Waals surface area contributed by atoms with Crippen LogP contribution in [0.3, 0.4) is 0 Å². The number of hydrogen-bond acceptors (Lipinski definition) is 5. The molecule has 2 aromatic heterocycles. The molecule has 3 heterocycles. The molecule has 0 unspecified atom stereocenters. The number of aromatic amines is 1. The van der Waals surface area contributed by atoms with Crippen LogP contribution in [0.4, 0.5) is 5.82 Å². The van der Waals surface area contributed by atoms with E-state index in [4.69, 9.17) is 0 Å². The Kier molecular flexibility index (Phi) is 5.07. The fraction of sp³-hybridized carbons (Fsp3) is 0.286. The fourth-order valence-corrected chi connectivity index (χ4v) is 3.44. The van der Waals surface area contributed by atoms with E-state index in [9.17, 15) is 9.59 Å². The van der Waals surface area contributed by atoms with Crippen LogP contribution < -0.4 is 10.2 Å². The molecule has 0 spiro atoms. The molecule has 0 fully saturated rings. The van der Waals surface area contributed by atoms with Crippen molar-refractivity contribution in [2.75, 3.05) is 11.9 Å². The summed E-state index contributed by atoms with van der Waals surface area (Å²) in [7, 11) is 1.68. The van der Waals surface area contributed by atoms with Crippen molar-refractivity contribution in [3.8, 4) is 0 Å². The average Bonchev–Trinajstić information content (AvgIpc) is 3.16. The Balaban J connectivity index is 1.45. The lowest BCUT2D eigenvalue weighted by molar-refractivity contribution is -0.120. The molecule has 8 heteroatoms. The Morgan fingerprint density at radius 1 is 1.21 bits per heavy atom. The number of aromatic nitrogens is 4. The molecule has 1 aliphatic rings. The lowest BCUT2D eigenvalue weighted by Crippen LogP contribution is -2.47. The maximum absolute atomic E-state index is 12.9. The number of carbonyl (C=O) groups is 2. The van der Waals surface area contributed by atoms with Gasteiger partial charge in [0.2, 0.25) is 11.7 Å². The number of rotatable bonds is 4. The molecule has 0 saturated carbocycles. The van der Waals surface area contributed by atoms with Crippen molar-refractivity contribution < 1.29 is 9.59 Å². The van der Waals surface area contributed by atoms with E-state index in [1.807, 2.05) is 49.4 Å². The van der Waals surface area contributed by atoms with Crippen LogP contribution in [0.1, 0.15) is 39.7 Å². The second kappa shape index (κ2) is 7.83. The number of carbonyl (C=O) groups excluding carboxylic acids is 2. The molecule has 2 amide bonds. The highest BCUT2D eigenvalue weighted by Crippen LogP contribution is 2.24. The van der Waals surface area contributed by atoms with E-state index in [1.165, 1.54) is 4.90 Å². The highest BCUT2D eigenvalue weighted by Gasteiger charge is 2.31. The molecule has 0 radical (unpaired) electrons. The third kappa shape index (κ3) is 4.01. The molecule has 1 atom stereocenters. The second-order valence-corrected chi connectivity index (χ2v) is 7.17. The highest BCUT2D eigenvalue weighted by molar-refractivity contribution is 6.01. The van der Waals surface area contributed by atoms with Gasteiger partial charge in [-0.25, -0.2) is 9.97 Å².